The first kappa shape index (κ1) is 17.1. The summed E-state index contributed by atoms with van der Waals surface area (Å²) in [4.78, 5) is 11.3. The molecular formula is C15H15ClN2O4S. The molecule has 6 nitrogen and oxygen atoms in total. The van der Waals surface area contributed by atoms with Crippen LogP contribution in [0.3, 0.4) is 0 Å². The highest BCUT2D eigenvalue weighted by Crippen LogP contribution is 2.29. The molecule has 0 aromatic heterocycles. The van der Waals surface area contributed by atoms with E-state index in [1.54, 1.807) is 12.1 Å². The second-order valence-corrected chi connectivity index (χ2v) is 6.77. The van der Waals surface area contributed by atoms with Crippen molar-refractivity contribution < 1.29 is 17.9 Å². The zero-order valence-corrected chi connectivity index (χ0v) is 14.0. The largest absolute Gasteiger partial charge is 0.497 e. The Kier molecular flexibility index (Phi) is 5.12. The molecule has 0 fully saturated rings. The maximum atomic E-state index is 12.4. The summed E-state index contributed by atoms with van der Waals surface area (Å²) in [6, 6.07) is 10.4. The van der Waals surface area contributed by atoms with Crippen LogP contribution >= 0.6 is 11.6 Å². The maximum absolute atomic E-state index is 12.4. The molecule has 0 aliphatic heterocycles. The number of amides is 1. The maximum Gasteiger partial charge on any atom is 0.261 e. The molecular weight excluding hydrogens is 340 g/mol. The van der Waals surface area contributed by atoms with Crippen LogP contribution in [0.5, 0.6) is 5.75 Å². The molecule has 0 spiro atoms. The Balaban J connectivity index is 2.40. The van der Waals surface area contributed by atoms with Crippen LogP contribution in [0.15, 0.2) is 47.4 Å². The molecule has 0 saturated carbocycles. The number of carbonyl (C=O) groups excluding carboxylic acids is 1. The fourth-order valence-electron chi connectivity index (χ4n) is 1.85. The van der Waals surface area contributed by atoms with Crippen LogP contribution in [0.1, 0.15) is 6.92 Å². The van der Waals surface area contributed by atoms with Gasteiger partial charge in [0, 0.05) is 18.0 Å². The van der Waals surface area contributed by atoms with E-state index in [0.29, 0.717) is 16.5 Å². The number of benzene rings is 2. The van der Waals surface area contributed by atoms with Crippen molar-refractivity contribution in [1.82, 2.24) is 0 Å². The third-order valence-electron chi connectivity index (χ3n) is 2.91. The Morgan fingerprint density at radius 2 is 1.74 bits per heavy atom. The third kappa shape index (κ3) is 4.37. The SMILES string of the molecule is COc1ccc(NC(C)=O)c(NS(=O)(=O)c2ccc(Cl)cc2)c1. The lowest BCUT2D eigenvalue weighted by molar-refractivity contribution is -0.114. The van der Waals surface area contributed by atoms with E-state index in [2.05, 4.69) is 10.0 Å². The van der Waals surface area contributed by atoms with Crippen LogP contribution in [0, 0.1) is 0 Å². The normalized spacial score (nSPS) is 10.9. The number of anilines is 2. The van der Waals surface area contributed by atoms with E-state index >= 15 is 0 Å². The summed E-state index contributed by atoms with van der Waals surface area (Å²) in [6.45, 7) is 1.34. The van der Waals surface area contributed by atoms with Crippen LogP contribution < -0.4 is 14.8 Å². The smallest absolute Gasteiger partial charge is 0.261 e. The Hall–Kier alpha value is -2.25. The summed E-state index contributed by atoms with van der Waals surface area (Å²) >= 11 is 5.76. The predicted molar refractivity (Wildman–Crippen MR) is 89.6 cm³/mol. The van der Waals surface area contributed by atoms with Crippen LogP contribution in [-0.4, -0.2) is 21.4 Å². The number of carbonyl (C=O) groups is 1. The first-order chi connectivity index (χ1) is 10.8. The number of rotatable bonds is 5. The molecule has 1 amide bonds. The van der Waals surface area contributed by atoms with E-state index in [4.69, 9.17) is 16.3 Å². The van der Waals surface area contributed by atoms with Gasteiger partial charge in [0.25, 0.3) is 10.0 Å². The average molecular weight is 355 g/mol. The lowest BCUT2D eigenvalue weighted by Gasteiger charge is -2.14. The summed E-state index contributed by atoms with van der Waals surface area (Å²) in [6.07, 6.45) is 0. The van der Waals surface area contributed by atoms with Crippen molar-refractivity contribution in [1.29, 1.82) is 0 Å². The topological polar surface area (TPSA) is 84.5 Å². The zero-order valence-electron chi connectivity index (χ0n) is 12.5. The average Bonchev–Trinajstić information content (AvgIpc) is 2.48. The standard InChI is InChI=1S/C15H15ClN2O4S/c1-10(19)17-14-8-5-12(22-2)9-15(14)18-23(20,21)13-6-3-11(16)4-7-13/h3-9,18H,1-2H3,(H,17,19). The summed E-state index contributed by atoms with van der Waals surface area (Å²) in [5.74, 6) is 0.134. The van der Waals surface area contributed by atoms with Gasteiger partial charge in [0.15, 0.2) is 0 Å². The minimum Gasteiger partial charge on any atom is -0.497 e. The number of hydrogen-bond acceptors (Lipinski definition) is 4. The van der Waals surface area contributed by atoms with Gasteiger partial charge >= 0.3 is 0 Å². The molecule has 2 aromatic carbocycles. The number of ether oxygens (including phenoxy) is 1. The molecule has 2 N–H and O–H groups in total. The predicted octanol–water partition coefficient (Wildman–Crippen LogP) is 3.11. The molecule has 0 heterocycles. The van der Waals surface area contributed by atoms with Crippen LogP contribution in [-0.2, 0) is 14.8 Å². The summed E-state index contributed by atoms with van der Waals surface area (Å²) in [5, 5.41) is 3.00. The Bertz CT molecular complexity index is 820. The minimum atomic E-state index is -3.83. The summed E-state index contributed by atoms with van der Waals surface area (Å²) in [5.41, 5.74) is 0.533. The van der Waals surface area contributed by atoms with Crippen molar-refractivity contribution in [2.45, 2.75) is 11.8 Å². The number of nitrogens with one attached hydrogen (secondary N) is 2. The molecule has 0 bridgehead atoms. The van der Waals surface area contributed by atoms with Crippen molar-refractivity contribution in [2.24, 2.45) is 0 Å². The first-order valence-corrected chi connectivity index (χ1v) is 8.42. The Morgan fingerprint density at radius 3 is 2.30 bits per heavy atom. The van der Waals surface area contributed by atoms with Crippen molar-refractivity contribution in [3.8, 4) is 5.75 Å². The summed E-state index contributed by atoms with van der Waals surface area (Å²) < 4.78 is 32.4. The van der Waals surface area contributed by atoms with E-state index < -0.39 is 10.0 Å². The van der Waals surface area contributed by atoms with Crippen LogP contribution in [0.2, 0.25) is 5.02 Å². The van der Waals surface area contributed by atoms with Crippen LogP contribution in [0.4, 0.5) is 11.4 Å². The Morgan fingerprint density at radius 1 is 1.09 bits per heavy atom. The van der Waals surface area contributed by atoms with Gasteiger partial charge in [-0.15, -0.1) is 0 Å². The molecule has 0 saturated heterocycles. The molecule has 122 valence electrons. The molecule has 2 aromatic rings. The molecule has 0 unspecified atom stereocenters. The van der Waals surface area contributed by atoms with E-state index in [1.165, 1.54) is 44.4 Å². The van der Waals surface area contributed by atoms with Gasteiger partial charge in [0.05, 0.1) is 23.4 Å². The van der Waals surface area contributed by atoms with Crippen molar-refractivity contribution in [2.75, 3.05) is 17.1 Å². The van der Waals surface area contributed by atoms with Gasteiger partial charge in [-0.2, -0.15) is 0 Å². The highest BCUT2D eigenvalue weighted by Gasteiger charge is 2.17. The van der Waals surface area contributed by atoms with E-state index in [1.807, 2.05) is 0 Å². The van der Waals surface area contributed by atoms with E-state index in [9.17, 15) is 13.2 Å². The quantitative estimate of drug-likeness (QED) is 0.864. The number of methoxy groups -OCH3 is 1. The molecule has 8 heteroatoms. The highest BCUT2D eigenvalue weighted by molar-refractivity contribution is 7.92. The fourth-order valence-corrected chi connectivity index (χ4v) is 3.05. The van der Waals surface area contributed by atoms with Gasteiger partial charge in [-0.1, -0.05) is 11.6 Å². The molecule has 23 heavy (non-hydrogen) atoms. The number of hydrogen-bond donors (Lipinski definition) is 2. The Labute approximate surface area is 139 Å². The molecule has 0 aliphatic rings. The molecule has 0 atom stereocenters. The molecule has 0 aliphatic carbocycles. The van der Waals surface area contributed by atoms with E-state index in [0.717, 1.165) is 0 Å². The lowest BCUT2D eigenvalue weighted by Crippen LogP contribution is -2.15. The lowest BCUT2D eigenvalue weighted by atomic mass is 10.2. The zero-order chi connectivity index (χ0) is 17.0. The highest BCUT2D eigenvalue weighted by atomic mass is 35.5. The van der Waals surface area contributed by atoms with Gasteiger partial charge < -0.3 is 10.1 Å². The minimum absolute atomic E-state index is 0.0542. The van der Waals surface area contributed by atoms with Crippen molar-refractivity contribution >= 4 is 38.9 Å². The van der Waals surface area contributed by atoms with Gasteiger partial charge in [-0.05, 0) is 36.4 Å². The van der Waals surface area contributed by atoms with Gasteiger partial charge in [0.2, 0.25) is 5.91 Å². The van der Waals surface area contributed by atoms with Crippen molar-refractivity contribution in [3.63, 3.8) is 0 Å². The monoisotopic (exact) mass is 354 g/mol. The summed E-state index contributed by atoms with van der Waals surface area (Å²) in [7, 11) is -2.37. The van der Waals surface area contributed by atoms with Gasteiger partial charge in [0.1, 0.15) is 5.75 Å². The van der Waals surface area contributed by atoms with Gasteiger partial charge in [-0.25, -0.2) is 8.42 Å². The van der Waals surface area contributed by atoms with Gasteiger partial charge in [-0.3, -0.25) is 9.52 Å². The molecule has 0 radical (unpaired) electrons. The third-order valence-corrected chi connectivity index (χ3v) is 4.54. The second-order valence-electron chi connectivity index (χ2n) is 4.65. The second kappa shape index (κ2) is 6.89. The first-order valence-electron chi connectivity index (χ1n) is 6.56. The van der Waals surface area contributed by atoms with E-state index in [-0.39, 0.29) is 16.5 Å². The van der Waals surface area contributed by atoms with Crippen LogP contribution in [0.25, 0.3) is 0 Å². The number of halogens is 1. The van der Waals surface area contributed by atoms with Crippen molar-refractivity contribution in [3.05, 3.63) is 47.5 Å². The number of sulfonamides is 1. The molecule has 2 rings (SSSR count). The fraction of sp³-hybridized carbons (Fsp3) is 0.133.